The van der Waals surface area contributed by atoms with Crippen molar-refractivity contribution < 1.29 is 18.7 Å². The van der Waals surface area contributed by atoms with Gasteiger partial charge in [-0.15, -0.1) is 0 Å². The van der Waals surface area contributed by atoms with Crippen LogP contribution in [-0.2, 0) is 0 Å². The molecule has 7 heteroatoms. The molecule has 2 rings (SSSR count). The van der Waals surface area contributed by atoms with Crippen LogP contribution >= 0.6 is 0 Å². The highest BCUT2D eigenvalue weighted by molar-refractivity contribution is 5.94. The van der Waals surface area contributed by atoms with E-state index in [1.54, 1.807) is 0 Å². The molecule has 1 aromatic carbocycles. The van der Waals surface area contributed by atoms with E-state index in [1.165, 1.54) is 6.07 Å². The number of aromatic nitrogens is 1. The highest BCUT2D eigenvalue weighted by atomic mass is 19.1. The SMILES string of the molecule is Nc1cnc(Nc2c(F)cccc2F)cc1C(=O)O. The smallest absolute Gasteiger partial charge is 0.337 e. The summed E-state index contributed by atoms with van der Waals surface area (Å²) >= 11 is 0. The number of nitrogens with one attached hydrogen (secondary N) is 1. The fraction of sp³-hybridized carbons (Fsp3) is 0. The molecular weight excluding hydrogens is 256 g/mol. The Morgan fingerprint density at radius 2 is 1.95 bits per heavy atom. The van der Waals surface area contributed by atoms with E-state index in [-0.39, 0.29) is 17.1 Å². The van der Waals surface area contributed by atoms with Crippen molar-refractivity contribution in [2.75, 3.05) is 11.1 Å². The monoisotopic (exact) mass is 265 g/mol. The summed E-state index contributed by atoms with van der Waals surface area (Å²) in [6.45, 7) is 0. The first kappa shape index (κ1) is 12.7. The van der Waals surface area contributed by atoms with Crippen molar-refractivity contribution in [3.8, 4) is 0 Å². The number of pyridine rings is 1. The van der Waals surface area contributed by atoms with Crippen molar-refractivity contribution >= 4 is 23.2 Å². The van der Waals surface area contributed by atoms with Crippen molar-refractivity contribution in [2.24, 2.45) is 0 Å². The third-order valence-corrected chi connectivity index (χ3v) is 2.38. The molecule has 0 aliphatic heterocycles. The lowest BCUT2D eigenvalue weighted by Gasteiger charge is -2.09. The minimum Gasteiger partial charge on any atom is -0.478 e. The first-order valence-electron chi connectivity index (χ1n) is 5.19. The fourth-order valence-corrected chi connectivity index (χ4v) is 1.46. The lowest BCUT2D eigenvalue weighted by molar-refractivity contribution is 0.0698. The second-order valence-corrected chi connectivity index (χ2v) is 3.68. The Morgan fingerprint density at radius 3 is 2.53 bits per heavy atom. The third kappa shape index (κ3) is 2.59. The summed E-state index contributed by atoms with van der Waals surface area (Å²) < 4.78 is 26.8. The van der Waals surface area contributed by atoms with Crippen molar-refractivity contribution in [1.82, 2.24) is 4.98 Å². The van der Waals surface area contributed by atoms with Gasteiger partial charge in [-0.2, -0.15) is 0 Å². The summed E-state index contributed by atoms with van der Waals surface area (Å²) in [6, 6.07) is 4.46. The van der Waals surface area contributed by atoms with Crippen LogP contribution in [-0.4, -0.2) is 16.1 Å². The highest BCUT2D eigenvalue weighted by Gasteiger charge is 2.13. The number of carboxylic acids is 1. The number of aromatic carboxylic acids is 1. The summed E-state index contributed by atoms with van der Waals surface area (Å²) in [6.07, 6.45) is 1.10. The molecule has 0 bridgehead atoms. The van der Waals surface area contributed by atoms with Gasteiger partial charge in [0.15, 0.2) is 0 Å². The molecule has 0 saturated heterocycles. The van der Waals surface area contributed by atoms with Gasteiger partial charge in [0.2, 0.25) is 0 Å². The summed E-state index contributed by atoms with van der Waals surface area (Å²) in [7, 11) is 0. The molecule has 0 amide bonds. The maximum atomic E-state index is 13.4. The molecule has 4 N–H and O–H groups in total. The van der Waals surface area contributed by atoms with Crippen LogP contribution in [0.2, 0.25) is 0 Å². The Hall–Kier alpha value is -2.70. The number of benzene rings is 1. The molecule has 1 aromatic heterocycles. The van der Waals surface area contributed by atoms with Crippen LogP contribution in [0.25, 0.3) is 0 Å². The molecule has 0 unspecified atom stereocenters. The van der Waals surface area contributed by atoms with Gasteiger partial charge in [0, 0.05) is 0 Å². The number of hydrogen-bond acceptors (Lipinski definition) is 4. The Balaban J connectivity index is 2.39. The Morgan fingerprint density at radius 1 is 1.32 bits per heavy atom. The molecule has 19 heavy (non-hydrogen) atoms. The van der Waals surface area contributed by atoms with E-state index in [9.17, 15) is 13.6 Å². The number of para-hydroxylation sites is 1. The lowest BCUT2D eigenvalue weighted by atomic mass is 10.2. The number of nitrogens with two attached hydrogens (primary N) is 1. The molecule has 0 fully saturated rings. The second kappa shape index (κ2) is 4.89. The number of rotatable bonds is 3. The maximum absolute atomic E-state index is 13.4. The zero-order chi connectivity index (χ0) is 14.0. The van der Waals surface area contributed by atoms with Gasteiger partial charge in [0.1, 0.15) is 23.1 Å². The standard InChI is InChI=1S/C12H9F2N3O2/c13-7-2-1-3-8(14)11(7)17-10-4-6(12(18)19)9(15)5-16-10/h1-5H,15H2,(H,16,17)(H,18,19). The molecule has 2 aromatic rings. The van der Waals surface area contributed by atoms with Gasteiger partial charge in [-0.25, -0.2) is 18.6 Å². The predicted octanol–water partition coefficient (Wildman–Crippen LogP) is 2.38. The van der Waals surface area contributed by atoms with Gasteiger partial charge in [-0.1, -0.05) is 6.07 Å². The van der Waals surface area contributed by atoms with Crippen LogP contribution in [0.5, 0.6) is 0 Å². The number of nitrogens with zero attached hydrogens (tertiary/aromatic N) is 1. The van der Waals surface area contributed by atoms with Gasteiger partial charge >= 0.3 is 5.97 Å². The third-order valence-electron chi connectivity index (χ3n) is 2.38. The highest BCUT2D eigenvalue weighted by Crippen LogP contribution is 2.23. The van der Waals surface area contributed by atoms with E-state index >= 15 is 0 Å². The normalized spacial score (nSPS) is 10.2. The van der Waals surface area contributed by atoms with Crippen LogP contribution in [0.3, 0.4) is 0 Å². The van der Waals surface area contributed by atoms with Crippen LogP contribution < -0.4 is 11.1 Å². The average molecular weight is 265 g/mol. The Labute approximate surface area is 106 Å². The lowest BCUT2D eigenvalue weighted by Crippen LogP contribution is -2.06. The number of anilines is 3. The zero-order valence-corrected chi connectivity index (χ0v) is 9.52. The molecule has 98 valence electrons. The van der Waals surface area contributed by atoms with Crippen LogP contribution in [0.1, 0.15) is 10.4 Å². The molecule has 0 atom stereocenters. The van der Waals surface area contributed by atoms with Crippen molar-refractivity contribution in [3.05, 3.63) is 47.7 Å². The predicted molar refractivity (Wildman–Crippen MR) is 65.2 cm³/mol. The van der Waals surface area contributed by atoms with Gasteiger partial charge in [0.25, 0.3) is 0 Å². The summed E-state index contributed by atoms with van der Waals surface area (Å²) in [5.41, 5.74) is 4.78. The molecule has 0 aliphatic rings. The first-order chi connectivity index (χ1) is 8.99. The van der Waals surface area contributed by atoms with E-state index in [0.717, 1.165) is 24.4 Å². The molecule has 0 saturated carbocycles. The fourth-order valence-electron chi connectivity index (χ4n) is 1.46. The molecule has 0 aliphatic carbocycles. The van der Waals surface area contributed by atoms with Crippen molar-refractivity contribution in [3.63, 3.8) is 0 Å². The molecular formula is C12H9F2N3O2. The summed E-state index contributed by atoms with van der Waals surface area (Å²) in [5.74, 6) is -2.89. The minimum atomic E-state index is -1.25. The van der Waals surface area contributed by atoms with Gasteiger partial charge in [0.05, 0.1) is 17.4 Å². The number of hydrogen-bond donors (Lipinski definition) is 3. The minimum absolute atomic E-state index is 0.0180. The van der Waals surface area contributed by atoms with E-state index in [1.807, 2.05) is 0 Å². The van der Waals surface area contributed by atoms with Gasteiger partial charge in [-0.05, 0) is 18.2 Å². The van der Waals surface area contributed by atoms with Gasteiger partial charge in [-0.3, -0.25) is 0 Å². The van der Waals surface area contributed by atoms with E-state index in [4.69, 9.17) is 10.8 Å². The van der Waals surface area contributed by atoms with E-state index in [0.29, 0.717) is 0 Å². The number of carbonyl (C=O) groups is 1. The Bertz CT molecular complexity index is 627. The number of nitrogen functional groups attached to an aromatic ring is 1. The van der Waals surface area contributed by atoms with Gasteiger partial charge < -0.3 is 16.2 Å². The second-order valence-electron chi connectivity index (χ2n) is 3.68. The molecule has 1 heterocycles. The molecule has 0 spiro atoms. The van der Waals surface area contributed by atoms with E-state index < -0.39 is 23.3 Å². The molecule has 0 radical (unpaired) electrons. The summed E-state index contributed by atoms with van der Waals surface area (Å²) in [4.78, 5) is 14.6. The van der Waals surface area contributed by atoms with Crippen LogP contribution in [0.15, 0.2) is 30.5 Å². The van der Waals surface area contributed by atoms with Crippen LogP contribution in [0.4, 0.5) is 26.0 Å². The van der Waals surface area contributed by atoms with Crippen molar-refractivity contribution in [2.45, 2.75) is 0 Å². The van der Waals surface area contributed by atoms with E-state index in [2.05, 4.69) is 10.3 Å². The quantitative estimate of drug-likeness (QED) is 0.793. The Kier molecular flexibility index (Phi) is 3.28. The molecule has 5 nitrogen and oxygen atoms in total. The number of carboxylic acid groups (broad SMARTS) is 1. The van der Waals surface area contributed by atoms with Crippen LogP contribution in [0, 0.1) is 11.6 Å². The first-order valence-corrected chi connectivity index (χ1v) is 5.19. The van der Waals surface area contributed by atoms with Crippen molar-refractivity contribution in [1.29, 1.82) is 0 Å². The summed E-state index contributed by atoms with van der Waals surface area (Å²) in [5, 5.41) is 11.3. The topological polar surface area (TPSA) is 88.2 Å². The zero-order valence-electron chi connectivity index (χ0n) is 9.52. The number of halogens is 2. The largest absolute Gasteiger partial charge is 0.478 e. The average Bonchev–Trinajstić information content (AvgIpc) is 2.35. The maximum Gasteiger partial charge on any atom is 0.337 e.